The zero-order valence-electron chi connectivity index (χ0n) is 15.6. The molecule has 0 aromatic carbocycles. The summed E-state index contributed by atoms with van der Waals surface area (Å²) in [6.07, 6.45) is 1.30. The molecule has 2 unspecified atom stereocenters. The number of fused-ring (bicyclic) bond motifs is 1. The molecule has 0 aliphatic carbocycles. The van der Waals surface area contributed by atoms with Crippen LogP contribution in [-0.4, -0.2) is 79.9 Å². The number of nitrogens with zero attached hydrogens (tertiary/aromatic N) is 3. The number of carbonyl (C=O) groups excluding carboxylic acids is 2. The number of amides is 2. The number of thiazole rings is 1. The molecule has 5 N–H and O–H groups in total. The topological polar surface area (TPSA) is 185 Å². The van der Waals surface area contributed by atoms with E-state index in [-0.39, 0.29) is 27.5 Å². The van der Waals surface area contributed by atoms with Gasteiger partial charge in [-0.05, 0) is 0 Å². The molecule has 166 valence electrons. The Morgan fingerprint density at radius 3 is 2.74 bits per heavy atom. The lowest BCUT2D eigenvalue weighted by atomic mass is 9.87. The molecule has 12 nitrogen and oxygen atoms in total. The number of aliphatic carboxylic acids is 2. The number of halogens is 1. The zero-order chi connectivity index (χ0) is 22.9. The third kappa shape index (κ3) is 4.31. The van der Waals surface area contributed by atoms with Gasteiger partial charge in [0.25, 0.3) is 5.91 Å². The highest BCUT2D eigenvalue weighted by molar-refractivity contribution is 8.00. The van der Waals surface area contributed by atoms with Crippen molar-refractivity contribution < 1.29 is 34.2 Å². The molecule has 2 aliphatic heterocycles. The molecule has 2 aliphatic rings. The lowest BCUT2D eigenvalue weighted by Crippen LogP contribution is -2.73. The van der Waals surface area contributed by atoms with Crippen LogP contribution in [0.2, 0.25) is 4.34 Å². The standard InChI is InChI=1S/C16H16ClN5O7S2/c1-2-16(14(27)28)4-22-12(26)9(13(22)30-5-16)19-11(25)8(21-29-3-6(23)24)7-10(17)31-15(18)20-7/h2,9,13H,1,3-5H2,(H2,18,20)(H,19,25)(H,23,24)(H,27,28)/t9?,13-,16?/m1/s1. The highest BCUT2D eigenvalue weighted by Crippen LogP contribution is 2.42. The fraction of sp³-hybridized carbons (Fsp3) is 0.375. The number of carbonyl (C=O) groups is 4. The van der Waals surface area contributed by atoms with E-state index < -0.39 is 52.9 Å². The van der Waals surface area contributed by atoms with Crippen molar-refractivity contribution in [2.24, 2.45) is 10.6 Å². The Morgan fingerprint density at radius 2 is 2.19 bits per heavy atom. The average Bonchev–Trinajstić information content (AvgIpc) is 3.05. The molecule has 2 fully saturated rings. The van der Waals surface area contributed by atoms with Crippen LogP contribution >= 0.6 is 34.7 Å². The molecular weight excluding hydrogens is 474 g/mol. The van der Waals surface area contributed by atoms with Crippen molar-refractivity contribution in [1.29, 1.82) is 0 Å². The SMILES string of the molecule is C=CC1(C(=O)O)CS[C@@H]2C(NC(=O)C(=NOCC(=O)O)c3nc(N)sc3Cl)C(=O)N2C1. The van der Waals surface area contributed by atoms with Crippen molar-refractivity contribution in [1.82, 2.24) is 15.2 Å². The number of oxime groups is 1. The number of hydrogen-bond donors (Lipinski definition) is 4. The molecule has 3 heterocycles. The Hall–Kier alpha value is -2.84. The monoisotopic (exact) mass is 489 g/mol. The van der Waals surface area contributed by atoms with Crippen molar-refractivity contribution in [3.05, 3.63) is 22.7 Å². The van der Waals surface area contributed by atoms with E-state index in [0.717, 1.165) is 11.3 Å². The van der Waals surface area contributed by atoms with Gasteiger partial charge in [0.2, 0.25) is 12.5 Å². The zero-order valence-corrected chi connectivity index (χ0v) is 18.0. The van der Waals surface area contributed by atoms with E-state index in [1.807, 2.05) is 0 Å². The van der Waals surface area contributed by atoms with E-state index in [1.54, 1.807) is 0 Å². The van der Waals surface area contributed by atoms with Crippen LogP contribution in [0.15, 0.2) is 17.8 Å². The summed E-state index contributed by atoms with van der Waals surface area (Å²) >= 11 is 8.09. The van der Waals surface area contributed by atoms with Gasteiger partial charge in [-0.25, -0.2) is 9.78 Å². The van der Waals surface area contributed by atoms with E-state index in [2.05, 4.69) is 26.9 Å². The first kappa shape index (κ1) is 22.8. The first-order valence-corrected chi connectivity index (χ1v) is 10.8. The summed E-state index contributed by atoms with van der Waals surface area (Å²) in [7, 11) is 0. The van der Waals surface area contributed by atoms with Gasteiger partial charge >= 0.3 is 11.9 Å². The summed E-state index contributed by atoms with van der Waals surface area (Å²) in [6.45, 7) is 2.68. The van der Waals surface area contributed by atoms with Crippen molar-refractivity contribution in [3.63, 3.8) is 0 Å². The van der Waals surface area contributed by atoms with E-state index in [0.29, 0.717) is 0 Å². The molecular formula is C16H16ClN5O7S2. The third-order valence-electron chi connectivity index (χ3n) is 4.59. The average molecular weight is 490 g/mol. The minimum Gasteiger partial charge on any atom is -0.481 e. The first-order valence-electron chi connectivity index (χ1n) is 8.53. The predicted octanol–water partition coefficient (Wildman–Crippen LogP) is -0.159. The maximum Gasteiger partial charge on any atom is 0.344 e. The summed E-state index contributed by atoms with van der Waals surface area (Å²) < 4.78 is 0.0242. The Kier molecular flexibility index (Phi) is 6.43. The number of rotatable bonds is 8. The van der Waals surface area contributed by atoms with E-state index >= 15 is 0 Å². The van der Waals surface area contributed by atoms with Crippen molar-refractivity contribution in [2.45, 2.75) is 11.4 Å². The van der Waals surface area contributed by atoms with Crippen LogP contribution in [0.5, 0.6) is 0 Å². The van der Waals surface area contributed by atoms with Crippen LogP contribution in [0, 0.1) is 5.41 Å². The van der Waals surface area contributed by atoms with Crippen molar-refractivity contribution in [2.75, 3.05) is 24.6 Å². The molecule has 1 aromatic heterocycles. The second-order valence-electron chi connectivity index (χ2n) is 6.57. The molecule has 1 aromatic rings. The molecule has 0 bridgehead atoms. The lowest BCUT2D eigenvalue weighted by molar-refractivity contribution is -0.156. The number of carboxylic acids is 2. The van der Waals surface area contributed by atoms with Gasteiger partial charge in [0.1, 0.15) is 26.9 Å². The van der Waals surface area contributed by atoms with Gasteiger partial charge in [0.05, 0.1) is 0 Å². The molecule has 0 spiro atoms. The van der Waals surface area contributed by atoms with Gasteiger partial charge in [-0.2, -0.15) is 0 Å². The molecule has 2 saturated heterocycles. The normalized spacial score (nSPS) is 25.3. The van der Waals surface area contributed by atoms with Crippen LogP contribution in [0.1, 0.15) is 5.69 Å². The van der Waals surface area contributed by atoms with E-state index in [9.17, 15) is 24.3 Å². The minimum atomic E-state index is -1.32. The number of nitrogen functional groups attached to an aromatic ring is 1. The largest absolute Gasteiger partial charge is 0.481 e. The highest BCUT2D eigenvalue weighted by Gasteiger charge is 2.56. The fourth-order valence-corrected chi connectivity index (χ4v) is 5.42. The smallest absolute Gasteiger partial charge is 0.344 e. The number of hydrogen-bond acceptors (Lipinski definition) is 10. The lowest BCUT2D eigenvalue weighted by Gasteiger charge is -2.53. The summed E-state index contributed by atoms with van der Waals surface area (Å²) in [5, 5.41) is 23.7. The number of carboxylic acid groups (broad SMARTS) is 2. The molecule has 31 heavy (non-hydrogen) atoms. The molecule has 3 atom stereocenters. The van der Waals surface area contributed by atoms with Crippen LogP contribution in [0.4, 0.5) is 5.13 Å². The van der Waals surface area contributed by atoms with Gasteiger partial charge in [0, 0.05) is 12.3 Å². The van der Waals surface area contributed by atoms with Gasteiger partial charge in [-0.1, -0.05) is 34.2 Å². The minimum absolute atomic E-state index is 0.0242. The van der Waals surface area contributed by atoms with Gasteiger partial charge < -0.3 is 31.0 Å². The maximum absolute atomic E-state index is 12.8. The van der Waals surface area contributed by atoms with Crippen LogP contribution in [0.3, 0.4) is 0 Å². The molecule has 2 amide bonds. The van der Waals surface area contributed by atoms with Crippen molar-refractivity contribution in [3.8, 4) is 0 Å². The Labute approximate surface area is 188 Å². The summed E-state index contributed by atoms with van der Waals surface area (Å²) in [5.41, 5.74) is 3.75. The quantitative estimate of drug-likeness (QED) is 0.165. The van der Waals surface area contributed by atoms with Gasteiger partial charge in [-0.15, -0.1) is 18.3 Å². The number of aromatic nitrogens is 1. The highest BCUT2D eigenvalue weighted by atomic mass is 35.5. The fourth-order valence-electron chi connectivity index (χ4n) is 2.95. The number of thioether (sulfide) groups is 1. The first-order chi connectivity index (χ1) is 14.6. The van der Waals surface area contributed by atoms with Gasteiger partial charge in [0.15, 0.2) is 10.8 Å². The number of nitrogens with two attached hydrogens (primary N) is 1. The molecule has 0 radical (unpaired) electrons. The van der Waals surface area contributed by atoms with E-state index in [4.69, 9.17) is 22.4 Å². The predicted molar refractivity (Wildman–Crippen MR) is 112 cm³/mol. The summed E-state index contributed by atoms with van der Waals surface area (Å²) in [5.74, 6) is -3.60. The van der Waals surface area contributed by atoms with Gasteiger partial charge in [-0.3, -0.25) is 14.4 Å². The number of β-lactam (4-membered cyclic amide) rings is 1. The molecule has 15 heteroatoms. The second-order valence-corrected chi connectivity index (χ2v) is 9.30. The van der Waals surface area contributed by atoms with Crippen LogP contribution in [-0.2, 0) is 24.0 Å². The van der Waals surface area contributed by atoms with Crippen LogP contribution in [0.25, 0.3) is 0 Å². The summed E-state index contributed by atoms with van der Waals surface area (Å²) in [6, 6.07) is -0.950. The Bertz CT molecular complexity index is 999. The second kappa shape index (κ2) is 8.72. The maximum atomic E-state index is 12.8. The summed E-state index contributed by atoms with van der Waals surface area (Å²) in [4.78, 5) is 57.5. The number of anilines is 1. The Balaban J connectivity index is 1.76. The Morgan fingerprint density at radius 1 is 1.48 bits per heavy atom. The van der Waals surface area contributed by atoms with Crippen molar-refractivity contribution >= 4 is 69.3 Å². The number of nitrogens with one attached hydrogen (secondary N) is 1. The molecule has 3 rings (SSSR count). The van der Waals surface area contributed by atoms with E-state index in [1.165, 1.54) is 22.7 Å². The van der Waals surface area contributed by atoms with Crippen LogP contribution < -0.4 is 11.1 Å². The molecule has 0 saturated carbocycles. The third-order valence-corrected chi connectivity index (χ3v) is 7.23.